The van der Waals surface area contributed by atoms with Crippen molar-refractivity contribution >= 4 is 0 Å². The minimum absolute atomic E-state index is 0.279. The fourth-order valence-corrected chi connectivity index (χ4v) is 1.17. The molecule has 0 radical (unpaired) electrons. The summed E-state index contributed by atoms with van der Waals surface area (Å²) in [5.41, 5.74) is 0. The molecule has 3 nitrogen and oxygen atoms in total. The van der Waals surface area contributed by atoms with Crippen LogP contribution in [0.1, 0.15) is 0 Å². The van der Waals surface area contributed by atoms with Gasteiger partial charge in [-0.05, 0) is 0 Å². The van der Waals surface area contributed by atoms with Crippen molar-refractivity contribution < 1.29 is 14.2 Å². The number of β-amino-alcohol motifs (C(OH)–C–C–N with tert-alkyl or cyclic N) is 1. The Bertz CT molecular complexity index is 117. The molecule has 1 fully saturated rings. The fourth-order valence-electron chi connectivity index (χ4n) is 1.17. The third-order valence-electron chi connectivity index (χ3n) is 1.90. The number of methoxy groups -OCH3 is 1. The highest BCUT2D eigenvalue weighted by Crippen LogP contribution is 2.10. The number of ether oxygens (including phenoxy) is 1. The van der Waals surface area contributed by atoms with Crippen LogP contribution in [0.15, 0.2) is 0 Å². The highest BCUT2D eigenvalue weighted by atomic mass is 19.1. The molecule has 4 heteroatoms. The van der Waals surface area contributed by atoms with Crippen molar-refractivity contribution in [2.24, 2.45) is 0 Å². The Kier molecular flexibility index (Phi) is 3.23. The molecule has 0 aromatic carbocycles. The van der Waals surface area contributed by atoms with Gasteiger partial charge in [0.2, 0.25) is 0 Å². The van der Waals surface area contributed by atoms with Gasteiger partial charge in [-0.1, -0.05) is 0 Å². The second kappa shape index (κ2) is 3.99. The first-order valence-electron chi connectivity index (χ1n) is 3.75. The molecule has 1 heterocycles. The largest absolute Gasteiger partial charge is 0.389 e. The van der Waals surface area contributed by atoms with E-state index in [4.69, 9.17) is 9.84 Å². The molecular formula is C7H14FNO2. The second-order valence-electron chi connectivity index (χ2n) is 2.88. The minimum atomic E-state index is -0.826. The lowest BCUT2D eigenvalue weighted by Gasteiger charge is -2.38. The molecule has 11 heavy (non-hydrogen) atoms. The first kappa shape index (κ1) is 8.90. The van der Waals surface area contributed by atoms with Gasteiger partial charge in [-0.3, -0.25) is 4.90 Å². The van der Waals surface area contributed by atoms with E-state index in [0.717, 1.165) is 13.1 Å². The summed E-state index contributed by atoms with van der Waals surface area (Å²) < 4.78 is 16.8. The number of halogens is 1. The molecule has 1 rings (SSSR count). The van der Waals surface area contributed by atoms with E-state index in [1.807, 2.05) is 4.90 Å². The topological polar surface area (TPSA) is 32.7 Å². The van der Waals surface area contributed by atoms with Crippen LogP contribution in [0.4, 0.5) is 4.39 Å². The van der Waals surface area contributed by atoms with Crippen LogP contribution in [0.25, 0.3) is 0 Å². The van der Waals surface area contributed by atoms with Crippen molar-refractivity contribution in [2.45, 2.75) is 12.2 Å². The van der Waals surface area contributed by atoms with Crippen molar-refractivity contribution in [3.05, 3.63) is 0 Å². The summed E-state index contributed by atoms with van der Waals surface area (Å²) in [6.45, 7) is 1.39. The number of nitrogens with zero attached hydrogens (tertiary/aromatic N) is 1. The van der Waals surface area contributed by atoms with E-state index in [-0.39, 0.29) is 6.10 Å². The molecule has 1 aliphatic rings. The molecule has 1 unspecified atom stereocenters. The summed E-state index contributed by atoms with van der Waals surface area (Å²) >= 11 is 0. The Balaban J connectivity index is 2.04. The van der Waals surface area contributed by atoms with Gasteiger partial charge in [0, 0.05) is 26.7 Å². The van der Waals surface area contributed by atoms with Crippen LogP contribution in [0, 0.1) is 0 Å². The van der Waals surface area contributed by atoms with Gasteiger partial charge in [-0.2, -0.15) is 0 Å². The van der Waals surface area contributed by atoms with Gasteiger partial charge >= 0.3 is 0 Å². The summed E-state index contributed by atoms with van der Waals surface area (Å²) in [5, 5.41) is 8.89. The number of rotatable bonds is 4. The SMILES string of the molecule is COC1CN(CC(O)CF)C1. The van der Waals surface area contributed by atoms with Crippen LogP contribution in [-0.4, -0.2) is 55.6 Å². The van der Waals surface area contributed by atoms with Crippen LogP contribution in [0.3, 0.4) is 0 Å². The fraction of sp³-hybridized carbons (Fsp3) is 1.00. The molecule has 1 N–H and O–H groups in total. The molecule has 1 atom stereocenters. The molecule has 0 aliphatic carbocycles. The molecule has 0 amide bonds. The first-order chi connectivity index (χ1) is 5.26. The maximum atomic E-state index is 11.8. The van der Waals surface area contributed by atoms with E-state index in [2.05, 4.69) is 0 Å². The maximum absolute atomic E-state index is 11.8. The number of hydrogen-bond donors (Lipinski definition) is 1. The number of aliphatic hydroxyl groups excluding tert-OH is 1. The highest BCUT2D eigenvalue weighted by molar-refractivity contribution is 4.81. The van der Waals surface area contributed by atoms with Gasteiger partial charge in [0.1, 0.15) is 6.67 Å². The van der Waals surface area contributed by atoms with Crippen molar-refractivity contribution in [3.8, 4) is 0 Å². The van der Waals surface area contributed by atoms with Crippen LogP contribution in [-0.2, 0) is 4.74 Å². The molecule has 1 saturated heterocycles. The zero-order valence-electron chi connectivity index (χ0n) is 6.66. The number of alkyl halides is 1. The van der Waals surface area contributed by atoms with E-state index in [1.165, 1.54) is 0 Å². The molecule has 66 valence electrons. The lowest BCUT2D eigenvalue weighted by atomic mass is 10.1. The van der Waals surface area contributed by atoms with Gasteiger partial charge in [-0.25, -0.2) is 4.39 Å². The third kappa shape index (κ3) is 2.39. The molecule has 0 spiro atoms. The van der Waals surface area contributed by atoms with Crippen LogP contribution >= 0.6 is 0 Å². The summed E-state index contributed by atoms with van der Waals surface area (Å²) in [5.74, 6) is 0. The second-order valence-corrected chi connectivity index (χ2v) is 2.88. The minimum Gasteiger partial charge on any atom is -0.389 e. The summed E-state index contributed by atoms with van der Waals surface area (Å²) in [4.78, 5) is 1.97. The molecule has 0 saturated carbocycles. The molecule has 0 bridgehead atoms. The van der Waals surface area contributed by atoms with E-state index < -0.39 is 12.8 Å². The zero-order valence-corrected chi connectivity index (χ0v) is 6.66. The first-order valence-corrected chi connectivity index (χ1v) is 3.75. The van der Waals surface area contributed by atoms with E-state index in [9.17, 15) is 4.39 Å². The lowest BCUT2D eigenvalue weighted by Crippen LogP contribution is -2.54. The Morgan fingerprint density at radius 1 is 1.73 bits per heavy atom. The standard InChI is InChI=1S/C7H14FNO2/c1-11-7-4-9(5-7)3-6(10)2-8/h6-7,10H,2-5H2,1H3. The van der Waals surface area contributed by atoms with Gasteiger partial charge in [0.25, 0.3) is 0 Å². The molecule has 0 aromatic rings. The summed E-state index contributed by atoms with van der Waals surface area (Å²) in [6, 6.07) is 0. The Morgan fingerprint density at radius 2 is 2.36 bits per heavy atom. The lowest BCUT2D eigenvalue weighted by molar-refractivity contribution is -0.0485. The van der Waals surface area contributed by atoms with Crippen molar-refractivity contribution in [2.75, 3.05) is 33.4 Å². The zero-order chi connectivity index (χ0) is 8.27. The quantitative estimate of drug-likeness (QED) is 0.614. The monoisotopic (exact) mass is 163 g/mol. The maximum Gasteiger partial charge on any atom is 0.117 e. The average Bonchev–Trinajstić information content (AvgIpc) is 1.95. The van der Waals surface area contributed by atoms with E-state index >= 15 is 0 Å². The van der Waals surface area contributed by atoms with E-state index in [1.54, 1.807) is 7.11 Å². The van der Waals surface area contributed by atoms with Gasteiger partial charge in [-0.15, -0.1) is 0 Å². The molecule has 0 aromatic heterocycles. The summed E-state index contributed by atoms with van der Waals surface area (Å²) in [7, 11) is 1.66. The average molecular weight is 163 g/mol. The number of aliphatic hydroxyl groups is 1. The molecular weight excluding hydrogens is 149 g/mol. The number of hydrogen-bond acceptors (Lipinski definition) is 3. The predicted molar refractivity (Wildman–Crippen MR) is 39.2 cm³/mol. The highest BCUT2D eigenvalue weighted by Gasteiger charge is 2.27. The van der Waals surface area contributed by atoms with Crippen LogP contribution < -0.4 is 0 Å². The van der Waals surface area contributed by atoms with Gasteiger partial charge in [0.05, 0.1) is 12.2 Å². The Morgan fingerprint density at radius 3 is 2.82 bits per heavy atom. The van der Waals surface area contributed by atoms with E-state index in [0.29, 0.717) is 6.54 Å². The van der Waals surface area contributed by atoms with Crippen molar-refractivity contribution in [1.29, 1.82) is 0 Å². The Labute approximate surface area is 65.8 Å². The van der Waals surface area contributed by atoms with Crippen LogP contribution in [0.5, 0.6) is 0 Å². The third-order valence-corrected chi connectivity index (χ3v) is 1.90. The smallest absolute Gasteiger partial charge is 0.117 e. The van der Waals surface area contributed by atoms with Crippen molar-refractivity contribution in [3.63, 3.8) is 0 Å². The number of likely N-dealkylation sites (tertiary alicyclic amines) is 1. The van der Waals surface area contributed by atoms with Crippen LogP contribution in [0.2, 0.25) is 0 Å². The Hall–Kier alpha value is -0.190. The normalized spacial score (nSPS) is 23.2. The van der Waals surface area contributed by atoms with Gasteiger partial charge < -0.3 is 9.84 Å². The summed E-state index contributed by atoms with van der Waals surface area (Å²) in [6.07, 6.45) is -0.547. The predicted octanol–water partition coefficient (Wildman–Crippen LogP) is -0.353. The van der Waals surface area contributed by atoms with Crippen molar-refractivity contribution in [1.82, 2.24) is 4.90 Å². The van der Waals surface area contributed by atoms with Gasteiger partial charge in [0.15, 0.2) is 0 Å². The molecule has 1 aliphatic heterocycles.